The van der Waals surface area contributed by atoms with Gasteiger partial charge in [0.15, 0.2) is 4.96 Å². The van der Waals surface area contributed by atoms with Crippen molar-refractivity contribution < 1.29 is 4.79 Å². The van der Waals surface area contributed by atoms with Crippen molar-refractivity contribution in [1.29, 1.82) is 0 Å². The minimum absolute atomic E-state index is 0.128. The van der Waals surface area contributed by atoms with E-state index >= 15 is 0 Å². The standard InChI is InChI=1S/C11H12N2OS/c1-4-9(14)8-5-13-6-10(7(2)3)15-11(13)12-8/h4-7H,1H2,2-3H3. The average molecular weight is 220 g/mol. The van der Waals surface area contributed by atoms with E-state index in [2.05, 4.69) is 25.4 Å². The molecule has 0 aliphatic rings. The molecule has 78 valence electrons. The molecule has 0 bridgehead atoms. The Morgan fingerprint density at radius 2 is 2.33 bits per heavy atom. The largest absolute Gasteiger partial charge is 0.297 e. The third-order valence-electron chi connectivity index (χ3n) is 2.18. The first-order chi connectivity index (χ1) is 7.11. The lowest BCUT2D eigenvalue weighted by molar-refractivity contribution is 0.104. The number of thiazole rings is 1. The summed E-state index contributed by atoms with van der Waals surface area (Å²) in [6.45, 7) is 7.72. The van der Waals surface area contributed by atoms with E-state index in [1.165, 1.54) is 11.0 Å². The molecule has 3 nitrogen and oxygen atoms in total. The molecule has 2 aromatic heterocycles. The maximum absolute atomic E-state index is 11.3. The van der Waals surface area contributed by atoms with E-state index in [4.69, 9.17) is 0 Å². The smallest absolute Gasteiger partial charge is 0.205 e. The number of ketones is 1. The highest BCUT2D eigenvalue weighted by Gasteiger charge is 2.11. The molecule has 0 atom stereocenters. The molecule has 0 unspecified atom stereocenters. The van der Waals surface area contributed by atoms with Crippen molar-refractivity contribution in [2.24, 2.45) is 0 Å². The Morgan fingerprint density at radius 1 is 1.60 bits per heavy atom. The summed E-state index contributed by atoms with van der Waals surface area (Å²) in [5.74, 6) is 0.368. The molecular weight excluding hydrogens is 208 g/mol. The number of aromatic nitrogens is 2. The highest BCUT2D eigenvalue weighted by molar-refractivity contribution is 7.17. The monoisotopic (exact) mass is 220 g/mol. The molecule has 0 saturated carbocycles. The molecule has 0 spiro atoms. The third-order valence-corrected chi connectivity index (χ3v) is 3.48. The Morgan fingerprint density at radius 3 is 2.87 bits per heavy atom. The van der Waals surface area contributed by atoms with Crippen LogP contribution < -0.4 is 0 Å². The van der Waals surface area contributed by atoms with Crippen LogP contribution in [0.3, 0.4) is 0 Å². The molecule has 0 radical (unpaired) electrons. The van der Waals surface area contributed by atoms with Gasteiger partial charge in [-0.15, -0.1) is 11.3 Å². The molecule has 0 fully saturated rings. The van der Waals surface area contributed by atoms with E-state index in [0.717, 1.165) is 4.96 Å². The van der Waals surface area contributed by atoms with Gasteiger partial charge in [0.2, 0.25) is 5.78 Å². The van der Waals surface area contributed by atoms with Gasteiger partial charge >= 0.3 is 0 Å². The van der Waals surface area contributed by atoms with Gasteiger partial charge in [-0.2, -0.15) is 0 Å². The lowest BCUT2D eigenvalue weighted by atomic mass is 10.2. The summed E-state index contributed by atoms with van der Waals surface area (Å²) in [7, 11) is 0. The van der Waals surface area contributed by atoms with Gasteiger partial charge in [0.1, 0.15) is 5.69 Å². The molecule has 4 heteroatoms. The summed E-state index contributed by atoms with van der Waals surface area (Å²) in [5.41, 5.74) is 0.464. The Labute approximate surface area is 92.1 Å². The van der Waals surface area contributed by atoms with Crippen molar-refractivity contribution in [1.82, 2.24) is 9.38 Å². The third kappa shape index (κ3) is 1.72. The lowest BCUT2D eigenvalue weighted by Crippen LogP contribution is -1.92. The van der Waals surface area contributed by atoms with Gasteiger partial charge in [-0.1, -0.05) is 20.4 Å². The van der Waals surface area contributed by atoms with Crippen molar-refractivity contribution in [2.75, 3.05) is 0 Å². The van der Waals surface area contributed by atoms with Crippen LogP contribution in [0.15, 0.2) is 25.0 Å². The molecule has 0 aliphatic carbocycles. The van der Waals surface area contributed by atoms with Crippen LogP contribution >= 0.6 is 11.3 Å². The molecular formula is C11H12N2OS. The van der Waals surface area contributed by atoms with Crippen LogP contribution in [0.5, 0.6) is 0 Å². The summed E-state index contributed by atoms with van der Waals surface area (Å²) < 4.78 is 1.90. The van der Waals surface area contributed by atoms with Crippen LogP contribution in [0.25, 0.3) is 4.96 Å². The normalized spacial score (nSPS) is 11.1. The van der Waals surface area contributed by atoms with Crippen LogP contribution in [0, 0.1) is 0 Å². The number of hydrogen-bond acceptors (Lipinski definition) is 3. The number of carbonyl (C=O) groups excluding carboxylic acids is 1. The van der Waals surface area contributed by atoms with Crippen LogP contribution in [0.2, 0.25) is 0 Å². The minimum Gasteiger partial charge on any atom is -0.297 e. The van der Waals surface area contributed by atoms with Crippen LogP contribution in [-0.2, 0) is 0 Å². The second-order valence-corrected chi connectivity index (χ2v) is 4.71. The minimum atomic E-state index is -0.128. The average Bonchev–Trinajstić information content (AvgIpc) is 2.72. The van der Waals surface area contributed by atoms with Gasteiger partial charge in [-0.05, 0) is 12.0 Å². The molecule has 0 aliphatic heterocycles. The first kappa shape index (κ1) is 10.1. The maximum Gasteiger partial charge on any atom is 0.205 e. The lowest BCUT2D eigenvalue weighted by Gasteiger charge is -1.95. The van der Waals surface area contributed by atoms with E-state index in [1.54, 1.807) is 17.5 Å². The van der Waals surface area contributed by atoms with Crippen LogP contribution in [0.1, 0.15) is 35.1 Å². The highest BCUT2D eigenvalue weighted by atomic mass is 32.1. The first-order valence-electron chi connectivity index (χ1n) is 4.77. The number of imidazole rings is 1. The first-order valence-corrected chi connectivity index (χ1v) is 5.58. The fourth-order valence-electron chi connectivity index (χ4n) is 1.30. The Bertz CT molecular complexity index is 490. The van der Waals surface area contributed by atoms with Crippen LogP contribution in [-0.4, -0.2) is 15.2 Å². The topological polar surface area (TPSA) is 34.4 Å². The van der Waals surface area contributed by atoms with E-state index in [-0.39, 0.29) is 5.78 Å². The van der Waals surface area contributed by atoms with Crippen molar-refractivity contribution in [3.63, 3.8) is 0 Å². The van der Waals surface area contributed by atoms with Crippen molar-refractivity contribution >= 4 is 22.1 Å². The Balaban J connectivity index is 2.46. The zero-order valence-electron chi connectivity index (χ0n) is 8.73. The quantitative estimate of drug-likeness (QED) is 0.588. The van der Waals surface area contributed by atoms with Crippen molar-refractivity contribution in [3.05, 3.63) is 35.6 Å². The fraction of sp³-hybridized carbons (Fsp3) is 0.273. The predicted octanol–water partition coefficient (Wildman–Crippen LogP) is 2.89. The zero-order valence-corrected chi connectivity index (χ0v) is 9.54. The summed E-state index contributed by atoms with van der Waals surface area (Å²) >= 11 is 1.62. The van der Waals surface area contributed by atoms with Crippen molar-refractivity contribution in [3.8, 4) is 0 Å². The molecule has 0 aromatic carbocycles. The molecule has 15 heavy (non-hydrogen) atoms. The molecule has 0 N–H and O–H groups in total. The summed E-state index contributed by atoms with van der Waals surface area (Å²) in [4.78, 5) is 17.7. The number of allylic oxidation sites excluding steroid dienone is 1. The van der Waals surface area contributed by atoms with Gasteiger partial charge in [0.25, 0.3) is 0 Å². The number of nitrogens with zero attached hydrogens (tertiary/aromatic N) is 2. The number of carbonyl (C=O) groups is 1. The van der Waals surface area contributed by atoms with Crippen LogP contribution in [0.4, 0.5) is 0 Å². The van der Waals surface area contributed by atoms with E-state index in [1.807, 2.05) is 10.6 Å². The summed E-state index contributed by atoms with van der Waals surface area (Å²) in [6, 6.07) is 0. The van der Waals surface area contributed by atoms with Gasteiger partial charge in [-0.25, -0.2) is 4.98 Å². The van der Waals surface area contributed by atoms with Gasteiger partial charge in [-0.3, -0.25) is 9.20 Å². The molecule has 0 saturated heterocycles. The molecule has 2 heterocycles. The van der Waals surface area contributed by atoms with E-state index in [9.17, 15) is 4.79 Å². The summed E-state index contributed by atoms with van der Waals surface area (Å²) in [6.07, 6.45) is 5.06. The van der Waals surface area contributed by atoms with Crippen molar-refractivity contribution in [2.45, 2.75) is 19.8 Å². The van der Waals surface area contributed by atoms with Gasteiger partial charge in [0, 0.05) is 17.3 Å². The number of hydrogen-bond donors (Lipinski definition) is 0. The predicted molar refractivity (Wildman–Crippen MR) is 61.7 cm³/mol. The van der Waals surface area contributed by atoms with E-state index in [0.29, 0.717) is 11.6 Å². The zero-order chi connectivity index (χ0) is 11.0. The second kappa shape index (κ2) is 3.62. The fourth-order valence-corrected chi connectivity index (χ4v) is 2.27. The molecule has 2 aromatic rings. The maximum atomic E-state index is 11.3. The second-order valence-electron chi connectivity index (χ2n) is 3.67. The van der Waals surface area contributed by atoms with Gasteiger partial charge in [0.05, 0.1) is 0 Å². The number of fused-ring (bicyclic) bond motifs is 1. The SMILES string of the molecule is C=CC(=O)c1cn2cc(C(C)C)sc2n1. The van der Waals surface area contributed by atoms with Gasteiger partial charge < -0.3 is 0 Å². The molecule has 2 rings (SSSR count). The number of rotatable bonds is 3. The van der Waals surface area contributed by atoms with E-state index < -0.39 is 0 Å². The Hall–Kier alpha value is -1.42. The highest BCUT2D eigenvalue weighted by Crippen LogP contribution is 2.24. The molecule has 0 amide bonds. The Kier molecular flexibility index (Phi) is 2.44. The summed E-state index contributed by atoms with van der Waals surface area (Å²) in [5, 5.41) is 0.